The summed E-state index contributed by atoms with van der Waals surface area (Å²) in [6.45, 7) is 7.37. The highest BCUT2D eigenvalue weighted by Gasteiger charge is 2.23. The largest absolute Gasteiger partial charge is 0.381 e. The fraction of sp³-hybridized carbons (Fsp3) is 0.647. The standard InChI is InChI=1S/C17H27NOS/c1-3-10-18-17(15-8-11-19-12-9-15)13-20-16-6-4-14(2)5-7-16/h4-7,15,17-18H,3,8-13H2,1-2H3. The van der Waals surface area contributed by atoms with Crippen LogP contribution in [0.5, 0.6) is 0 Å². The molecule has 1 aliphatic heterocycles. The van der Waals surface area contributed by atoms with Gasteiger partial charge in [-0.1, -0.05) is 24.6 Å². The second kappa shape index (κ2) is 8.71. The second-order valence-electron chi connectivity index (χ2n) is 5.63. The minimum absolute atomic E-state index is 0.616. The fourth-order valence-electron chi connectivity index (χ4n) is 2.63. The normalized spacial score (nSPS) is 18.1. The van der Waals surface area contributed by atoms with Crippen LogP contribution in [0.1, 0.15) is 31.7 Å². The van der Waals surface area contributed by atoms with E-state index in [-0.39, 0.29) is 0 Å². The van der Waals surface area contributed by atoms with Crippen molar-refractivity contribution in [2.24, 2.45) is 5.92 Å². The summed E-state index contributed by atoms with van der Waals surface area (Å²) in [7, 11) is 0. The average molecular weight is 293 g/mol. The van der Waals surface area contributed by atoms with Gasteiger partial charge in [0.15, 0.2) is 0 Å². The highest BCUT2D eigenvalue weighted by Crippen LogP contribution is 2.25. The van der Waals surface area contributed by atoms with E-state index in [1.54, 1.807) is 0 Å². The number of ether oxygens (including phenoxy) is 1. The number of rotatable bonds is 7. The van der Waals surface area contributed by atoms with Crippen LogP contribution in [0.3, 0.4) is 0 Å². The zero-order valence-electron chi connectivity index (χ0n) is 12.7. The molecule has 1 fully saturated rings. The van der Waals surface area contributed by atoms with Crippen molar-refractivity contribution >= 4 is 11.8 Å². The van der Waals surface area contributed by atoms with Crippen LogP contribution in [-0.2, 0) is 4.74 Å². The maximum absolute atomic E-state index is 5.50. The van der Waals surface area contributed by atoms with Gasteiger partial charge in [-0.05, 0) is 50.8 Å². The van der Waals surface area contributed by atoms with Gasteiger partial charge in [0.25, 0.3) is 0 Å². The molecule has 1 saturated heterocycles. The van der Waals surface area contributed by atoms with Gasteiger partial charge in [-0.3, -0.25) is 0 Å². The molecule has 0 aromatic heterocycles. The Morgan fingerprint density at radius 3 is 2.60 bits per heavy atom. The molecule has 0 radical (unpaired) electrons. The molecule has 2 nitrogen and oxygen atoms in total. The van der Waals surface area contributed by atoms with Gasteiger partial charge in [-0.2, -0.15) is 0 Å². The van der Waals surface area contributed by atoms with E-state index in [0.29, 0.717) is 6.04 Å². The molecule has 1 unspecified atom stereocenters. The Bertz CT molecular complexity index is 373. The summed E-state index contributed by atoms with van der Waals surface area (Å²) in [5.41, 5.74) is 1.33. The molecule has 1 heterocycles. The third-order valence-electron chi connectivity index (χ3n) is 3.94. The van der Waals surface area contributed by atoms with Gasteiger partial charge in [0.2, 0.25) is 0 Å². The summed E-state index contributed by atoms with van der Waals surface area (Å²) in [6.07, 6.45) is 3.61. The van der Waals surface area contributed by atoms with E-state index in [4.69, 9.17) is 4.74 Å². The van der Waals surface area contributed by atoms with Gasteiger partial charge in [-0.25, -0.2) is 0 Å². The maximum Gasteiger partial charge on any atom is 0.0469 e. The summed E-state index contributed by atoms with van der Waals surface area (Å²) in [4.78, 5) is 1.38. The van der Waals surface area contributed by atoms with Crippen LogP contribution in [-0.4, -0.2) is 31.6 Å². The highest BCUT2D eigenvalue weighted by atomic mass is 32.2. The second-order valence-corrected chi connectivity index (χ2v) is 6.73. The predicted octanol–water partition coefficient (Wildman–Crippen LogP) is 3.88. The van der Waals surface area contributed by atoms with Crippen molar-refractivity contribution in [1.29, 1.82) is 0 Å². The fourth-order valence-corrected chi connectivity index (χ4v) is 3.72. The van der Waals surface area contributed by atoms with Gasteiger partial charge in [0, 0.05) is 29.9 Å². The minimum atomic E-state index is 0.616. The first-order valence-electron chi connectivity index (χ1n) is 7.80. The molecule has 0 spiro atoms. The zero-order valence-corrected chi connectivity index (χ0v) is 13.5. The maximum atomic E-state index is 5.50. The van der Waals surface area contributed by atoms with E-state index < -0.39 is 0 Å². The van der Waals surface area contributed by atoms with Gasteiger partial charge in [0.1, 0.15) is 0 Å². The van der Waals surface area contributed by atoms with Gasteiger partial charge in [-0.15, -0.1) is 11.8 Å². The van der Waals surface area contributed by atoms with Crippen molar-refractivity contribution in [3.8, 4) is 0 Å². The van der Waals surface area contributed by atoms with Gasteiger partial charge < -0.3 is 10.1 Å². The first kappa shape index (κ1) is 15.9. The summed E-state index contributed by atoms with van der Waals surface area (Å²) >= 11 is 1.98. The SMILES string of the molecule is CCCNC(CSc1ccc(C)cc1)C1CCOCC1. The Balaban J connectivity index is 1.87. The van der Waals surface area contributed by atoms with Crippen molar-refractivity contribution in [3.63, 3.8) is 0 Å². The van der Waals surface area contributed by atoms with Crippen molar-refractivity contribution in [2.45, 2.75) is 44.0 Å². The summed E-state index contributed by atoms with van der Waals surface area (Å²) in [5.74, 6) is 1.93. The summed E-state index contributed by atoms with van der Waals surface area (Å²) < 4.78 is 5.50. The van der Waals surface area contributed by atoms with Crippen LogP contribution in [0.4, 0.5) is 0 Å². The van der Waals surface area contributed by atoms with Crippen LogP contribution in [0.15, 0.2) is 29.2 Å². The van der Waals surface area contributed by atoms with E-state index in [2.05, 4.69) is 43.4 Å². The third kappa shape index (κ3) is 5.12. The topological polar surface area (TPSA) is 21.3 Å². The lowest BCUT2D eigenvalue weighted by molar-refractivity contribution is 0.0566. The third-order valence-corrected chi connectivity index (χ3v) is 5.07. The molecule has 2 rings (SSSR count). The van der Waals surface area contributed by atoms with Crippen molar-refractivity contribution in [3.05, 3.63) is 29.8 Å². The molecular weight excluding hydrogens is 266 g/mol. The Morgan fingerprint density at radius 1 is 1.25 bits per heavy atom. The van der Waals surface area contributed by atoms with E-state index in [9.17, 15) is 0 Å². The molecule has 20 heavy (non-hydrogen) atoms. The molecule has 0 aliphatic carbocycles. The predicted molar refractivity (Wildman–Crippen MR) is 87.5 cm³/mol. The van der Waals surface area contributed by atoms with Crippen LogP contribution in [0, 0.1) is 12.8 Å². The smallest absolute Gasteiger partial charge is 0.0469 e. The molecule has 1 N–H and O–H groups in total. The van der Waals surface area contributed by atoms with Crippen LogP contribution < -0.4 is 5.32 Å². The number of aryl methyl sites for hydroxylation is 1. The molecule has 0 bridgehead atoms. The first-order chi connectivity index (χ1) is 9.79. The quantitative estimate of drug-likeness (QED) is 0.771. The van der Waals surface area contributed by atoms with Crippen LogP contribution in [0.2, 0.25) is 0 Å². The van der Waals surface area contributed by atoms with E-state index in [0.717, 1.165) is 31.4 Å². The Morgan fingerprint density at radius 2 is 1.95 bits per heavy atom. The van der Waals surface area contributed by atoms with E-state index >= 15 is 0 Å². The monoisotopic (exact) mass is 293 g/mol. The summed E-state index contributed by atoms with van der Waals surface area (Å²) in [6, 6.07) is 9.49. The lowest BCUT2D eigenvalue weighted by atomic mass is 9.93. The van der Waals surface area contributed by atoms with Crippen LogP contribution >= 0.6 is 11.8 Å². The molecule has 1 atom stereocenters. The number of nitrogens with one attached hydrogen (secondary N) is 1. The molecular formula is C17H27NOS. The number of benzene rings is 1. The molecule has 0 saturated carbocycles. The number of thioether (sulfide) groups is 1. The van der Waals surface area contributed by atoms with Crippen molar-refractivity contribution in [1.82, 2.24) is 5.32 Å². The lowest BCUT2D eigenvalue weighted by Crippen LogP contribution is -2.41. The lowest BCUT2D eigenvalue weighted by Gasteiger charge is -2.31. The number of hydrogen-bond acceptors (Lipinski definition) is 3. The molecule has 112 valence electrons. The Hall–Kier alpha value is -0.510. The molecule has 1 aromatic rings. The van der Waals surface area contributed by atoms with Gasteiger partial charge in [0.05, 0.1) is 0 Å². The molecule has 1 aliphatic rings. The molecule has 3 heteroatoms. The Kier molecular flexibility index (Phi) is 6.91. The van der Waals surface area contributed by atoms with Crippen LogP contribution in [0.25, 0.3) is 0 Å². The molecule has 0 amide bonds. The minimum Gasteiger partial charge on any atom is -0.381 e. The van der Waals surface area contributed by atoms with E-state index in [1.807, 2.05) is 11.8 Å². The van der Waals surface area contributed by atoms with E-state index in [1.165, 1.54) is 29.7 Å². The van der Waals surface area contributed by atoms with Crippen molar-refractivity contribution < 1.29 is 4.74 Å². The zero-order chi connectivity index (χ0) is 14.2. The highest BCUT2D eigenvalue weighted by molar-refractivity contribution is 7.99. The first-order valence-corrected chi connectivity index (χ1v) is 8.78. The number of hydrogen-bond donors (Lipinski definition) is 1. The Labute approximate surface area is 127 Å². The summed E-state index contributed by atoms with van der Waals surface area (Å²) in [5, 5.41) is 3.74. The van der Waals surface area contributed by atoms with Gasteiger partial charge >= 0.3 is 0 Å². The average Bonchev–Trinajstić information content (AvgIpc) is 2.50. The van der Waals surface area contributed by atoms with Crippen molar-refractivity contribution in [2.75, 3.05) is 25.5 Å². The molecule has 1 aromatic carbocycles.